The van der Waals surface area contributed by atoms with Crippen molar-refractivity contribution < 1.29 is 40.2 Å². The van der Waals surface area contributed by atoms with E-state index >= 15 is 0 Å². The number of piperidine rings is 1. The topological polar surface area (TPSA) is 115 Å². The summed E-state index contributed by atoms with van der Waals surface area (Å²) in [5.41, 5.74) is 0.651. The Hall–Kier alpha value is -3.87. The van der Waals surface area contributed by atoms with Crippen LogP contribution < -0.4 is 15.4 Å². The molecule has 1 aliphatic heterocycles. The SMILES string of the molecule is COCCN1CC[C@H](NC(=O)c2cc(C#CCNc3cc(S(C)(=O)=O)ccc3OC)cc3c2ncn3CC(F)(F)F)[C@@H](F)C1. The highest BCUT2D eigenvalue weighted by atomic mass is 32.2. The molecule has 1 aliphatic rings. The maximum absolute atomic E-state index is 15.0. The van der Waals surface area contributed by atoms with Crippen molar-refractivity contribution in [3.05, 3.63) is 47.8 Å². The van der Waals surface area contributed by atoms with Crippen molar-refractivity contribution in [2.75, 3.05) is 58.6 Å². The van der Waals surface area contributed by atoms with Crippen LogP contribution in [0, 0.1) is 11.8 Å². The number of carbonyl (C=O) groups is 1. The minimum atomic E-state index is -4.54. The van der Waals surface area contributed by atoms with E-state index in [1.807, 2.05) is 4.90 Å². The molecule has 2 atom stereocenters. The van der Waals surface area contributed by atoms with E-state index in [-0.39, 0.29) is 40.1 Å². The highest BCUT2D eigenvalue weighted by molar-refractivity contribution is 7.90. The number of amides is 1. The van der Waals surface area contributed by atoms with E-state index in [0.717, 1.165) is 17.2 Å². The summed E-state index contributed by atoms with van der Waals surface area (Å²) in [6.45, 7) is 0.343. The van der Waals surface area contributed by atoms with Crippen LogP contribution in [-0.4, -0.2) is 100 Å². The average molecular weight is 640 g/mol. The maximum Gasteiger partial charge on any atom is 0.406 e. The number of hydrogen-bond donors (Lipinski definition) is 2. The van der Waals surface area contributed by atoms with Gasteiger partial charge in [-0.1, -0.05) is 11.8 Å². The van der Waals surface area contributed by atoms with Gasteiger partial charge in [0.25, 0.3) is 5.91 Å². The Morgan fingerprint density at radius 2 is 1.98 bits per heavy atom. The van der Waals surface area contributed by atoms with Crippen molar-refractivity contribution in [2.45, 2.75) is 36.3 Å². The van der Waals surface area contributed by atoms with Crippen LogP contribution in [0.1, 0.15) is 22.3 Å². The number of carbonyl (C=O) groups excluding carboxylic acids is 1. The number of halogens is 4. The molecule has 0 unspecified atom stereocenters. The lowest BCUT2D eigenvalue weighted by Gasteiger charge is -2.34. The first kappa shape index (κ1) is 33.0. The second kappa shape index (κ2) is 13.8. The molecule has 0 saturated carbocycles. The first-order chi connectivity index (χ1) is 20.8. The predicted molar refractivity (Wildman–Crippen MR) is 156 cm³/mol. The molecule has 2 heterocycles. The fourth-order valence-corrected chi connectivity index (χ4v) is 5.52. The first-order valence-corrected chi connectivity index (χ1v) is 15.5. The molecule has 1 fully saturated rings. The van der Waals surface area contributed by atoms with Crippen LogP contribution in [0.25, 0.3) is 11.0 Å². The van der Waals surface area contributed by atoms with Gasteiger partial charge in [0.15, 0.2) is 9.84 Å². The predicted octanol–water partition coefficient (Wildman–Crippen LogP) is 3.26. The number of alkyl halides is 4. The van der Waals surface area contributed by atoms with Gasteiger partial charge in [0, 0.05) is 38.6 Å². The Morgan fingerprint density at radius 1 is 1.20 bits per heavy atom. The van der Waals surface area contributed by atoms with Gasteiger partial charge in [-0.2, -0.15) is 13.2 Å². The molecule has 1 amide bonds. The molecule has 0 radical (unpaired) electrons. The normalized spacial score (nSPS) is 17.6. The molecular weight excluding hydrogens is 606 g/mol. The summed E-state index contributed by atoms with van der Waals surface area (Å²) in [6.07, 6.45) is -3.47. The number of imidazole rings is 1. The van der Waals surface area contributed by atoms with Gasteiger partial charge in [-0.05, 0) is 36.8 Å². The van der Waals surface area contributed by atoms with Crippen LogP contribution in [0.4, 0.5) is 23.2 Å². The number of aromatic nitrogens is 2. The Bertz CT molecular complexity index is 1670. The molecule has 2 aromatic carbocycles. The van der Waals surface area contributed by atoms with E-state index in [0.29, 0.717) is 37.6 Å². The largest absolute Gasteiger partial charge is 0.495 e. The van der Waals surface area contributed by atoms with Crippen LogP contribution in [0.15, 0.2) is 41.6 Å². The molecule has 3 aromatic rings. The summed E-state index contributed by atoms with van der Waals surface area (Å²) in [5.74, 6) is 5.38. The Labute approximate surface area is 252 Å². The second-order valence-corrected chi connectivity index (χ2v) is 12.4. The quantitative estimate of drug-likeness (QED) is 0.257. The molecule has 4 rings (SSSR count). The zero-order valence-corrected chi connectivity index (χ0v) is 25.2. The van der Waals surface area contributed by atoms with Gasteiger partial charge < -0.3 is 24.7 Å². The van der Waals surface area contributed by atoms with E-state index in [9.17, 15) is 30.8 Å². The number of benzene rings is 2. The van der Waals surface area contributed by atoms with Crippen molar-refractivity contribution >= 4 is 32.5 Å². The third-order valence-electron chi connectivity index (χ3n) is 7.07. The van der Waals surface area contributed by atoms with Crippen molar-refractivity contribution in [1.82, 2.24) is 19.8 Å². The van der Waals surface area contributed by atoms with Gasteiger partial charge in [-0.15, -0.1) is 0 Å². The number of ether oxygens (including phenoxy) is 2. The smallest absolute Gasteiger partial charge is 0.406 e. The molecule has 1 aromatic heterocycles. The standard InChI is InChI=1S/C29H33F4N5O5S/c1-42-12-11-37-10-8-23(22(30)16-37)36-28(39)21-13-19(14-25-27(21)35-18-38(25)17-29(31,32)33)5-4-9-34-24-15-20(44(3,40)41)6-7-26(24)43-2/h6-7,13-15,18,22-23,34H,8-12,16-17H2,1-3H3,(H,36,39)/t22-,23-/m0/s1. The lowest BCUT2D eigenvalue weighted by molar-refractivity contribution is -0.139. The minimum absolute atomic E-state index is 0.0101. The second-order valence-electron chi connectivity index (χ2n) is 10.3. The van der Waals surface area contributed by atoms with Gasteiger partial charge >= 0.3 is 6.18 Å². The third-order valence-corrected chi connectivity index (χ3v) is 8.18. The summed E-state index contributed by atoms with van der Waals surface area (Å²) in [6, 6.07) is 6.33. The fourth-order valence-electron chi connectivity index (χ4n) is 4.87. The molecule has 0 aliphatic carbocycles. The monoisotopic (exact) mass is 639 g/mol. The van der Waals surface area contributed by atoms with Crippen molar-refractivity contribution in [3.8, 4) is 17.6 Å². The summed E-state index contributed by atoms with van der Waals surface area (Å²) in [4.78, 5) is 19.4. The van der Waals surface area contributed by atoms with Gasteiger partial charge in [0.1, 0.15) is 24.0 Å². The summed E-state index contributed by atoms with van der Waals surface area (Å²) >= 11 is 0. The van der Waals surface area contributed by atoms with Crippen molar-refractivity contribution in [1.29, 1.82) is 0 Å². The zero-order chi connectivity index (χ0) is 32.1. The molecule has 1 saturated heterocycles. The van der Waals surface area contributed by atoms with Crippen LogP contribution in [-0.2, 0) is 21.1 Å². The number of methoxy groups -OCH3 is 2. The van der Waals surface area contributed by atoms with E-state index in [1.165, 1.54) is 37.4 Å². The van der Waals surface area contributed by atoms with Gasteiger partial charge in [-0.25, -0.2) is 17.8 Å². The van der Waals surface area contributed by atoms with Crippen molar-refractivity contribution in [3.63, 3.8) is 0 Å². The third kappa shape index (κ3) is 8.40. The van der Waals surface area contributed by atoms with E-state index < -0.39 is 40.7 Å². The Balaban J connectivity index is 1.59. The number of sulfone groups is 1. The highest BCUT2D eigenvalue weighted by Crippen LogP contribution is 2.28. The van der Waals surface area contributed by atoms with Crippen LogP contribution >= 0.6 is 0 Å². The average Bonchev–Trinajstić information content (AvgIpc) is 3.35. The molecule has 2 N–H and O–H groups in total. The van der Waals surface area contributed by atoms with E-state index in [1.54, 1.807) is 7.11 Å². The summed E-state index contributed by atoms with van der Waals surface area (Å²) < 4.78 is 89.9. The molecular formula is C29H33F4N5O5S. The Kier molecular flexibility index (Phi) is 10.4. The lowest BCUT2D eigenvalue weighted by Crippen LogP contribution is -2.52. The molecule has 10 nitrogen and oxygen atoms in total. The molecule has 238 valence electrons. The number of nitrogens with one attached hydrogen (secondary N) is 2. The number of anilines is 1. The summed E-state index contributed by atoms with van der Waals surface area (Å²) in [5, 5.41) is 5.66. The van der Waals surface area contributed by atoms with Gasteiger partial charge in [0.2, 0.25) is 0 Å². The Morgan fingerprint density at radius 3 is 2.64 bits per heavy atom. The van der Waals surface area contributed by atoms with E-state index in [4.69, 9.17) is 9.47 Å². The first-order valence-electron chi connectivity index (χ1n) is 13.6. The fraction of sp³-hybridized carbons (Fsp3) is 0.448. The van der Waals surface area contributed by atoms with Crippen LogP contribution in [0.2, 0.25) is 0 Å². The van der Waals surface area contributed by atoms with E-state index in [2.05, 4.69) is 27.5 Å². The molecule has 44 heavy (non-hydrogen) atoms. The number of fused-ring (bicyclic) bond motifs is 1. The minimum Gasteiger partial charge on any atom is -0.495 e. The van der Waals surface area contributed by atoms with Crippen LogP contribution in [0.3, 0.4) is 0 Å². The summed E-state index contributed by atoms with van der Waals surface area (Å²) in [7, 11) is -0.496. The van der Waals surface area contributed by atoms with Crippen molar-refractivity contribution in [2.24, 2.45) is 0 Å². The highest BCUT2D eigenvalue weighted by Gasteiger charge is 2.32. The number of rotatable bonds is 10. The molecule has 15 heteroatoms. The van der Waals surface area contributed by atoms with Gasteiger partial charge in [-0.3, -0.25) is 9.69 Å². The van der Waals surface area contributed by atoms with Crippen LogP contribution in [0.5, 0.6) is 5.75 Å². The zero-order valence-electron chi connectivity index (χ0n) is 24.4. The number of nitrogens with zero attached hydrogens (tertiary/aromatic N) is 3. The molecule has 0 bridgehead atoms. The van der Waals surface area contributed by atoms with Gasteiger partial charge in [0.05, 0.1) is 54.3 Å². The maximum atomic E-state index is 15.0. The lowest BCUT2D eigenvalue weighted by atomic mass is 10.0. The number of likely N-dealkylation sites (tertiary alicyclic amines) is 1. The number of hydrogen-bond acceptors (Lipinski definition) is 8. The molecule has 0 spiro atoms.